The van der Waals surface area contributed by atoms with Crippen molar-refractivity contribution >= 4 is 18.3 Å². The van der Waals surface area contributed by atoms with Crippen LogP contribution in [0.4, 0.5) is 0 Å². The number of benzene rings is 1. The molecule has 1 N–H and O–H groups in total. The third-order valence-electron chi connectivity index (χ3n) is 3.06. The fourth-order valence-corrected chi connectivity index (χ4v) is 2.70. The molecule has 0 atom stereocenters. The summed E-state index contributed by atoms with van der Waals surface area (Å²) < 4.78 is 14.8. The molecule has 1 rings (SSSR count). The monoisotopic (exact) mass is 306 g/mol. The van der Waals surface area contributed by atoms with E-state index in [1.165, 1.54) is 0 Å². The standard InChI is InChI=1S/C17H22O3S/c1-3-10-17(21-19,11-4-2)12-5-13-20-16-8-6-15(14-18)7-9-16/h3-4,6-11,14,19H,5,12-13H2,1-2H3. The van der Waals surface area contributed by atoms with Gasteiger partial charge in [0.25, 0.3) is 0 Å². The summed E-state index contributed by atoms with van der Waals surface area (Å²) in [5, 5.41) is 0. The molecule has 0 saturated carbocycles. The van der Waals surface area contributed by atoms with Crippen molar-refractivity contribution in [3.05, 3.63) is 54.1 Å². The molecule has 0 aliphatic rings. The van der Waals surface area contributed by atoms with Crippen molar-refractivity contribution < 1.29 is 14.1 Å². The largest absolute Gasteiger partial charge is 0.494 e. The van der Waals surface area contributed by atoms with E-state index in [4.69, 9.17) is 4.74 Å². The van der Waals surface area contributed by atoms with Gasteiger partial charge in [0.15, 0.2) is 0 Å². The molecule has 0 spiro atoms. The normalized spacial score (nSPS) is 14.4. The molecule has 0 fully saturated rings. The number of rotatable bonds is 9. The van der Waals surface area contributed by atoms with Crippen LogP contribution in [0.2, 0.25) is 0 Å². The van der Waals surface area contributed by atoms with Crippen molar-refractivity contribution in [3.63, 3.8) is 0 Å². The molecule has 1 aromatic rings. The van der Waals surface area contributed by atoms with Gasteiger partial charge in [0, 0.05) is 17.6 Å². The molecule has 0 bridgehead atoms. The lowest BCUT2D eigenvalue weighted by atomic mass is 10.0. The van der Waals surface area contributed by atoms with Gasteiger partial charge >= 0.3 is 0 Å². The number of hydrogen-bond acceptors (Lipinski definition) is 4. The predicted octanol–water partition coefficient (Wildman–Crippen LogP) is 4.76. The topological polar surface area (TPSA) is 46.5 Å². The minimum absolute atomic E-state index is 0.381. The smallest absolute Gasteiger partial charge is 0.150 e. The van der Waals surface area contributed by atoms with E-state index in [1.54, 1.807) is 24.3 Å². The molecule has 3 nitrogen and oxygen atoms in total. The Hall–Kier alpha value is -1.52. The van der Waals surface area contributed by atoms with Crippen LogP contribution in [0.15, 0.2) is 48.6 Å². The van der Waals surface area contributed by atoms with Gasteiger partial charge in [-0.05, 0) is 51.0 Å². The van der Waals surface area contributed by atoms with E-state index in [1.807, 2.05) is 38.2 Å². The van der Waals surface area contributed by atoms with Gasteiger partial charge in [-0.2, -0.15) is 0 Å². The Labute approximate surface area is 130 Å². The van der Waals surface area contributed by atoms with Gasteiger partial charge in [-0.15, -0.1) is 0 Å². The molecule has 0 aliphatic heterocycles. The first-order valence-electron chi connectivity index (χ1n) is 6.98. The van der Waals surface area contributed by atoms with E-state index < -0.39 is 0 Å². The molecule has 0 heterocycles. The molecular weight excluding hydrogens is 284 g/mol. The zero-order valence-corrected chi connectivity index (χ0v) is 13.3. The fraction of sp³-hybridized carbons (Fsp3) is 0.353. The predicted molar refractivity (Wildman–Crippen MR) is 89.1 cm³/mol. The average molecular weight is 306 g/mol. The van der Waals surface area contributed by atoms with Crippen LogP contribution in [0, 0.1) is 0 Å². The van der Waals surface area contributed by atoms with Crippen LogP contribution >= 0.6 is 12.0 Å². The zero-order valence-electron chi connectivity index (χ0n) is 12.5. The Morgan fingerprint density at radius 1 is 1.19 bits per heavy atom. The molecule has 0 amide bonds. The Bertz CT molecular complexity index is 465. The second-order valence-electron chi connectivity index (χ2n) is 4.69. The van der Waals surface area contributed by atoms with E-state index >= 15 is 0 Å². The average Bonchev–Trinajstić information content (AvgIpc) is 2.52. The molecular formula is C17H22O3S. The Morgan fingerprint density at radius 2 is 1.81 bits per heavy atom. The maximum Gasteiger partial charge on any atom is 0.150 e. The van der Waals surface area contributed by atoms with E-state index in [0.717, 1.165) is 36.9 Å². The molecule has 0 saturated heterocycles. The number of carbonyl (C=O) groups excluding carboxylic acids is 1. The molecule has 114 valence electrons. The van der Waals surface area contributed by atoms with Crippen molar-refractivity contribution in [1.82, 2.24) is 0 Å². The van der Waals surface area contributed by atoms with Crippen molar-refractivity contribution in [2.24, 2.45) is 0 Å². The third-order valence-corrected chi connectivity index (χ3v) is 3.88. The summed E-state index contributed by atoms with van der Waals surface area (Å²) in [6.07, 6.45) is 10.3. The molecule has 0 radical (unpaired) electrons. The number of hydrogen-bond donors (Lipinski definition) is 1. The van der Waals surface area contributed by atoms with Crippen molar-refractivity contribution in [2.75, 3.05) is 6.61 Å². The first-order valence-corrected chi connectivity index (χ1v) is 7.75. The van der Waals surface area contributed by atoms with E-state index in [-0.39, 0.29) is 4.75 Å². The van der Waals surface area contributed by atoms with Crippen LogP contribution < -0.4 is 4.74 Å². The van der Waals surface area contributed by atoms with Crippen molar-refractivity contribution in [1.29, 1.82) is 0 Å². The maximum absolute atomic E-state index is 10.6. The molecule has 21 heavy (non-hydrogen) atoms. The summed E-state index contributed by atoms with van der Waals surface area (Å²) in [6.45, 7) is 4.46. The molecule has 1 aromatic carbocycles. The minimum atomic E-state index is -0.381. The highest BCUT2D eigenvalue weighted by atomic mass is 32.2. The van der Waals surface area contributed by atoms with Gasteiger partial charge in [-0.1, -0.05) is 24.3 Å². The Kier molecular flexibility index (Phi) is 7.87. The summed E-state index contributed by atoms with van der Waals surface area (Å²) in [5.74, 6) is 0.750. The van der Waals surface area contributed by atoms with Gasteiger partial charge in [-0.25, -0.2) is 0 Å². The summed E-state index contributed by atoms with van der Waals surface area (Å²) in [7, 11) is 0. The number of ether oxygens (including phenoxy) is 1. The van der Waals surface area contributed by atoms with Gasteiger partial charge in [-0.3, -0.25) is 4.79 Å². The second-order valence-corrected chi connectivity index (χ2v) is 5.63. The molecule has 0 unspecified atom stereocenters. The third kappa shape index (κ3) is 5.78. The van der Waals surface area contributed by atoms with Gasteiger partial charge in [0.1, 0.15) is 12.0 Å². The van der Waals surface area contributed by atoms with Gasteiger partial charge in [0.05, 0.1) is 11.4 Å². The lowest BCUT2D eigenvalue weighted by Gasteiger charge is -2.23. The van der Waals surface area contributed by atoms with Crippen LogP contribution in [0.3, 0.4) is 0 Å². The SMILES string of the molecule is CC=CC(C=CC)(CCCOc1ccc(C=O)cc1)SO. The van der Waals surface area contributed by atoms with Crippen molar-refractivity contribution in [3.8, 4) is 5.75 Å². The van der Waals surface area contributed by atoms with Crippen LogP contribution in [0.25, 0.3) is 0 Å². The van der Waals surface area contributed by atoms with Crippen LogP contribution in [-0.2, 0) is 0 Å². The van der Waals surface area contributed by atoms with E-state index in [9.17, 15) is 9.35 Å². The number of allylic oxidation sites excluding steroid dienone is 2. The highest BCUT2D eigenvalue weighted by Gasteiger charge is 2.23. The Balaban J connectivity index is 2.48. The first kappa shape index (κ1) is 17.5. The first-order chi connectivity index (χ1) is 10.2. The summed E-state index contributed by atoms with van der Waals surface area (Å²) in [4.78, 5) is 10.6. The summed E-state index contributed by atoms with van der Waals surface area (Å²) >= 11 is 0.850. The van der Waals surface area contributed by atoms with Crippen LogP contribution in [0.1, 0.15) is 37.0 Å². The quantitative estimate of drug-likeness (QED) is 0.309. The van der Waals surface area contributed by atoms with Crippen molar-refractivity contribution in [2.45, 2.75) is 31.4 Å². The molecule has 0 aromatic heterocycles. The lowest BCUT2D eigenvalue weighted by Crippen LogP contribution is -2.19. The van der Waals surface area contributed by atoms with Gasteiger partial charge in [0.2, 0.25) is 0 Å². The number of aldehydes is 1. The fourth-order valence-electron chi connectivity index (χ4n) is 2.07. The van der Waals surface area contributed by atoms with Crippen LogP contribution in [0.5, 0.6) is 5.75 Å². The van der Waals surface area contributed by atoms with Crippen LogP contribution in [-0.4, -0.2) is 22.2 Å². The zero-order chi connectivity index (χ0) is 15.6. The lowest BCUT2D eigenvalue weighted by molar-refractivity contribution is 0.112. The highest BCUT2D eigenvalue weighted by molar-refractivity contribution is 7.95. The van der Waals surface area contributed by atoms with Gasteiger partial charge < -0.3 is 9.29 Å². The second kappa shape index (κ2) is 9.42. The van der Waals surface area contributed by atoms with E-state index in [0.29, 0.717) is 12.2 Å². The molecule has 4 heteroatoms. The summed E-state index contributed by atoms with van der Waals surface area (Å²) in [5.41, 5.74) is 0.638. The highest BCUT2D eigenvalue weighted by Crippen LogP contribution is 2.31. The minimum Gasteiger partial charge on any atom is -0.494 e. The number of carbonyl (C=O) groups is 1. The Morgan fingerprint density at radius 3 is 2.29 bits per heavy atom. The van der Waals surface area contributed by atoms with E-state index in [2.05, 4.69) is 0 Å². The molecule has 0 aliphatic carbocycles. The maximum atomic E-state index is 10.6. The summed E-state index contributed by atoms with van der Waals surface area (Å²) in [6, 6.07) is 7.04.